The number of carbonyl (C=O) groups excluding carboxylic acids is 1. The topological polar surface area (TPSA) is 67.2 Å². The Kier molecular flexibility index (Phi) is 6.51. The van der Waals surface area contributed by atoms with E-state index in [1.165, 1.54) is 11.8 Å². The van der Waals surface area contributed by atoms with Gasteiger partial charge in [0.2, 0.25) is 0 Å². The van der Waals surface area contributed by atoms with E-state index in [4.69, 9.17) is 0 Å². The summed E-state index contributed by atoms with van der Waals surface area (Å²) in [5.41, 5.74) is 6.09. The molecule has 1 atom stereocenters. The van der Waals surface area contributed by atoms with Crippen LogP contribution in [0, 0.1) is 13.8 Å². The molecule has 5 nitrogen and oxygen atoms in total. The van der Waals surface area contributed by atoms with Gasteiger partial charge in [-0.15, -0.1) is 0 Å². The molecule has 0 saturated heterocycles. The van der Waals surface area contributed by atoms with Gasteiger partial charge < -0.3 is 0 Å². The Hall–Kier alpha value is -1.73. The van der Waals surface area contributed by atoms with E-state index in [0.29, 0.717) is 5.16 Å². The number of nitrogens with zero attached hydrogens (tertiary/aromatic N) is 3. The van der Waals surface area contributed by atoms with E-state index in [9.17, 15) is 4.79 Å². The van der Waals surface area contributed by atoms with Crippen molar-refractivity contribution in [2.24, 2.45) is 5.10 Å². The Bertz CT molecular complexity index is 741. The Labute approximate surface area is 154 Å². The maximum absolute atomic E-state index is 12.2. The minimum Gasteiger partial charge on any atom is -0.272 e. The summed E-state index contributed by atoms with van der Waals surface area (Å²) >= 11 is 4.71. The van der Waals surface area contributed by atoms with E-state index in [2.05, 4.69) is 36.4 Å². The molecule has 1 unspecified atom stereocenters. The molecule has 0 aliphatic heterocycles. The smallest absolute Gasteiger partial charge is 0.253 e. The van der Waals surface area contributed by atoms with Gasteiger partial charge in [-0.25, -0.2) is 15.4 Å². The number of amides is 1. The van der Waals surface area contributed by atoms with Crippen molar-refractivity contribution < 1.29 is 4.79 Å². The number of benzene rings is 1. The van der Waals surface area contributed by atoms with Gasteiger partial charge in [-0.2, -0.15) is 5.10 Å². The number of halogens is 1. The van der Waals surface area contributed by atoms with Crippen molar-refractivity contribution in [1.82, 2.24) is 15.4 Å². The average Bonchev–Trinajstić information content (AvgIpc) is 2.51. The zero-order chi connectivity index (χ0) is 17.7. The van der Waals surface area contributed by atoms with Crippen LogP contribution in [0.5, 0.6) is 0 Å². The largest absolute Gasteiger partial charge is 0.272 e. The van der Waals surface area contributed by atoms with Crippen molar-refractivity contribution in [1.29, 1.82) is 0 Å². The van der Waals surface area contributed by atoms with Crippen LogP contribution < -0.4 is 5.43 Å². The molecule has 0 aliphatic carbocycles. The summed E-state index contributed by atoms with van der Waals surface area (Å²) in [5.74, 6) is -0.181. The van der Waals surface area contributed by atoms with Crippen LogP contribution in [0.25, 0.3) is 0 Å². The number of thioether (sulfide) groups is 1. The molecule has 1 aromatic heterocycles. The highest BCUT2D eigenvalue weighted by Gasteiger charge is 2.16. The molecule has 0 spiro atoms. The van der Waals surface area contributed by atoms with E-state index < -0.39 is 0 Å². The van der Waals surface area contributed by atoms with Crippen LogP contribution in [0.4, 0.5) is 0 Å². The van der Waals surface area contributed by atoms with Crippen molar-refractivity contribution in [2.75, 3.05) is 0 Å². The van der Waals surface area contributed by atoms with E-state index in [-0.39, 0.29) is 11.2 Å². The van der Waals surface area contributed by atoms with E-state index in [1.54, 1.807) is 0 Å². The maximum atomic E-state index is 12.2. The average molecular weight is 407 g/mol. The fraction of sp³-hybridized carbons (Fsp3) is 0.294. The molecule has 0 fully saturated rings. The predicted molar refractivity (Wildman–Crippen MR) is 101 cm³/mol. The van der Waals surface area contributed by atoms with Crippen molar-refractivity contribution in [2.45, 2.75) is 38.1 Å². The fourth-order valence-corrected chi connectivity index (χ4v) is 3.08. The third-order valence-electron chi connectivity index (χ3n) is 3.21. The summed E-state index contributed by atoms with van der Waals surface area (Å²) in [5, 5.41) is 4.43. The van der Waals surface area contributed by atoms with Gasteiger partial charge in [0.05, 0.1) is 11.0 Å². The van der Waals surface area contributed by atoms with Crippen molar-refractivity contribution >= 4 is 39.3 Å². The lowest BCUT2D eigenvalue weighted by atomic mass is 10.1. The molecule has 1 heterocycles. The number of hydrogen-bond donors (Lipinski definition) is 1. The Morgan fingerprint density at radius 1 is 1.21 bits per heavy atom. The summed E-state index contributed by atoms with van der Waals surface area (Å²) in [6.45, 7) is 7.49. The number of aromatic nitrogens is 2. The minimum absolute atomic E-state index is 0.181. The van der Waals surface area contributed by atoms with Gasteiger partial charge in [-0.3, -0.25) is 4.79 Å². The monoisotopic (exact) mass is 406 g/mol. The second-order valence-corrected chi connectivity index (χ2v) is 7.60. The predicted octanol–water partition coefficient (Wildman–Crippen LogP) is 3.88. The van der Waals surface area contributed by atoms with Gasteiger partial charge in [0.1, 0.15) is 0 Å². The molecule has 2 rings (SSSR count). The highest BCUT2D eigenvalue weighted by molar-refractivity contribution is 9.10. The number of hydrazone groups is 1. The molecule has 126 valence electrons. The van der Waals surface area contributed by atoms with Crippen LogP contribution >= 0.6 is 27.7 Å². The molecule has 1 aromatic carbocycles. The number of aryl methyl sites for hydroxylation is 2. The number of carbonyl (C=O) groups is 1. The summed E-state index contributed by atoms with van der Waals surface area (Å²) in [4.78, 5) is 20.9. The first-order chi connectivity index (χ1) is 11.3. The van der Waals surface area contributed by atoms with Gasteiger partial charge in [0.25, 0.3) is 5.91 Å². The summed E-state index contributed by atoms with van der Waals surface area (Å²) < 4.78 is 1.00. The number of rotatable bonds is 5. The molecular weight excluding hydrogens is 388 g/mol. The van der Waals surface area contributed by atoms with Crippen LogP contribution in [0.15, 0.2) is 45.1 Å². The molecule has 0 saturated carbocycles. The molecule has 24 heavy (non-hydrogen) atoms. The first-order valence-electron chi connectivity index (χ1n) is 7.44. The second kappa shape index (κ2) is 8.39. The van der Waals surface area contributed by atoms with Crippen LogP contribution in [0.3, 0.4) is 0 Å². The summed E-state index contributed by atoms with van der Waals surface area (Å²) in [6, 6.07) is 9.66. The fourth-order valence-electron chi connectivity index (χ4n) is 1.94. The molecular formula is C17H19BrN4OS. The zero-order valence-electron chi connectivity index (χ0n) is 14.0. The molecule has 1 amide bonds. The SMILES string of the molecule is CC(=NNC(=O)C(C)Sc1nc(C)cc(C)n1)c1ccc(Br)cc1. The quantitative estimate of drug-likeness (QED) is 0.354. The van der Waals surface area contributed by atoms with Gasteiger partial charge in [0, 0.05) is 15.9 Å². The van der Waals surface area contributed by atoms with Gasteiger partial charge >= 0.3 is 0 Å². The third-order valence-corrected chi connectivity index (χ3v) is 4.70. The van der Waals surface area contributed by atoms with Gasteiger partial charge in [-0.05, 0) is 51.5 Å². The molecule has 0 aliphatic rings. The van der Waals surface area contributed by atoms with Crippen LogP contribution in [0.1, 0.15) is 30.8 Å². The van der Waals surface area contributed by atoms with E-state index >= 15 is 0 Å². The number of nitrogens with one attached hydrogen (secondary N) is 1. The zero-order valence-corrected chi connectivity index (χ0v) is 16.4. The third kappa shape index (κ3) is 5.42. The summed E-state index contributed by atoms with van der Waals surface area (Å²) in [7, 11) is 0. The van der Waals surface area contributed by atoms with Gasteiger partial charge in [0.15, 0.2) is 5.16 Å². The van der Waals surface area contributed by atoms with E-state index in [0.717, 1.165) is 27.1 Å². The van der Waals surface area contributed by atoms with Crippen molar-refractivity contribution in [3.63, 3.8) is 0 Å². The highest BCUT2D eigenvalue weighted by Crippen LogP contribution is 2.20. The molecule has 7 heteroatoms. The minimum atomic E-state index is -0.340. The number of hydrogen-bond acceptors (Lipinski definition) is 5. The Morgan fingerprint density at radius 3 is 2.38 bits per heavy atom. The Balaban J connectivity index is 1.98. The van der Waals surface area contributed by atoms with Crippen molar-refractivity contribution in [3.05, 3.63) is 51.8 Å². The lowest BCUT2D eigenvalue weighted by Crippen LogP contribution is -2.28. The summed E-state index contributed by atoms with van der Waals surface area (Å²) in [6.07, 6.45) is 0. The maximum Gasteiger partial charge on any atom is 0.253 e. The standard InChI is InChI=1S/C17H19BrN4OS/c1-10-9-11(2)20-17(19-10)24-13(4)16(23)22-21-12(3)14-5-7-15(18)8-6-14/h5-9,13H,1-4H3,(H,22,23). The Morgan fingerprint density at radius 2 is 1.79 bits per heavy atom. The lowest BCUT2D eigenvalue weighted by Gasteiger charge is -2.10. The molecule has 0 bridgehead atoms. The van der Waals surface area contributed by atoms with Crippen LogP contribution in [0.2, 0.25) is 0 Å². The first-order valence-corrected chi connectivity index (χ1v) is 9.11. The molecule has 1 N–H and O–H groups in total. The van der Waals surface area contributed by atoms with E-state index in [1.807, 2.05) is 58.0 Å². The lowest BCUT2D eigenvalue weighted by molar-refractivity contribution is -0.120. The normalized spacial score (nSPS) is 12.8. The van der Waals surface area contributed by atoms with Crippen molar-refractivity contribution in [3.8, 4) is 0 Å². The second-order valence-electron chi connectivity index (χ2n) is 5.37. The van der Waals surface area contributed by atoms with Crippen LogP contribution in [-0.2, 0) is 4.79 Å². The van der Waals surface area contributed by atoms with Crippen LogP contribution in [-0.4, -0.2) is 26.8 Å². The molecule has 2 aromatic rings. The van der Waals surface area contributed by atoms with Gasteiger partial charge in [-0.1, -0.05) is 39.8 Å². The first kappa shape index (κ1) is 18.6. The molecule has 0 radical (unpaired) electrons. The highest BCUT2D eigenvalue weighted by atomic mass is 79.9.